The minimum Gasteiger partial charge on any atom is -0.487 e. The Labute approximate surface area is 331 Å². The molecule has 16 heteroatoms. The number of pyridine rings is 1. The molecule has 276 valence electrons. The number of ether oxygens (including phenoxy) is 2. The molecule has 2 N–H and O–H groups in total. The second-order valence-electron chi connectivity index (χ2n) is 10.9. The number of carbonyl (C=O) groups excluding carboxylic acids is 3. The zero-order chi connectivity index (χ0) is 33.5. The number of para-hydroxylation sites is 1. The zero-order valence-corrected chi connectivity index (χ0v) is 32.7. The Morgan fingerprint density at radius 3 is 2.35 bits per heavy atom. The molecule has 2 heterocycles. The summed E-state index contributed by atoms with van der Waals surface area (Å²) >= 11 is 13.3. The van der Waals surface area contributed by atoms with Crippen molar-refractivity contribution in [3.8, 4) is 5.75 Å². The van der Waals surface area contributed by atoms with Crippen LogP contribution in [0.2, 0.25) is 10.0 Å². The largest absolute Gasteiger partial charge is 0.487 e. The van der Waals surface area contributed by atoms with Crippen LogP contribution in [0, 0.1) is 6.92 Å². The summed E-state index contributed by atoms with van der Waals surface area (Å²) in [4.78, 5) is 45.6. The molecule has 0 radical (unpaired) electrons. The van der Waals surface area contributed by atoms with Crippen molar-refractivity contribution >= 4 is 119 Å². The van der Waals surface area contributed by atoms with Crippen molar-refractivity contribution in [2.24, 2.45) is 0 Å². The molecule has 5 rings (SSSR count). The van der Waals surface area contributed by atoms with Crippen LogP contribution in [0.4, 0.5) is 11.4 Å². The number of benzene rings is 3. The molecule has 0 saturated carbocycles. The van der Waals surface area contributed by atoms with Crippen LogP contribution in [-0.4, -0.2) is 69.6 Å². The van der Waals surface area contributed by atoms with Gasteiger partial charge in [-0.3, -0.25) is 14.4 Å². The molecule has 0 atom stereocenters. The maximum Gasteiger partial charge on any atom is 0.251 e. The van der Waals surface area contributed by atoms with Crippen molar-refractivity contribution in [2.45, 2.75) is 13.5 Å². The lowest BCUT2D eigenvalue weighted by Gasteiger charge is -2.30. The number of carbonyl (C=O) groups is 3. The quantitative estimate of drug-likeness (QED) is 0.164. The van der Waals surface area contributed by atoms with Crippen LogP contribution in [0.15, 0.2) is 66.7 Å². The van der Waals surface area contributed by atoms with Crippen LogP contribution in [0.3, 0.4) is 0 Å². The van der Waals surface area contributed by atoms with Crippen molar-refractivity contribution in [3.63, 3.8) is 0 Å². The van der Waals surface area contributed by atoms with Crippen molar-refractivity contribution < 1.29 is 23.9 Å². The molecule has 0 spiro atoms. The molecule has 3 amide bonds. The monoisotopic (exact) mass is 819 g/mol. The zero-order valence-electron chi connectivity index (χ0n) is 27.9. The predicted molar refractivity (Wildman–Crippen MR) is 215 cm³/mol. The van der Waals surface area contributed by atoms with E-state index < -0.39 is 5.91 Å². The molecule has 1 fully saturated rings. The first-order valence-electron chi connectivity index (χ1n) is 15.0. The summed E-state index contributed by atoms with van der Waals surface area (Å²) in [6.45, 7) is 4.67. The van der Waals surface area contributed by atoms with Gasteiger partial charge >= 0.3 is 0 Å². The summed E-state index contributed by atoms with van der Waals surface area (Å²) in [6.07, 6.45) is 2.91. The molecule has 51 heavy (non-hydrogen) atoms. The van der Waals surface area contributed by atoms with Crippen molar-refractivity contribution in [1.29, 1.82) is 0 Å². The van der Waals surface area contributed by atoms with Gasteiger partial charge in [0.1, 0.15) is 17.9 Å². The van der Waals surface area contributed by atoms with Gasteiger partial charge in [0.2, 0.25) is 11.8 Å². The number of hydrogen-bond donors (Lipinski definition) is 2. The lowest BCUT2D eigenvalue weighted by Crippen LogP contribution is -2.37. The van der Waals surface area contributed by atoms with Crippen molar-refractivity contribution in [2.75, 3.05) is 56.7 Å². The average molecular weight is 822 g/mol. The van der Waals surface area contributed by atoms with Gasteiger partial charge in [0.15, 0.2) is 0 Å². The fourth-order valence-electron chi connectivity index (χ4n) is 5.17. The molecule has 1 aliphatic heterocycles. The van der Waals surface area contributed by atoms with Gasteiger partial charge in [-0.15, -0.1) is 49.6 Å². The van der Waals surface area contributed by atoms with E-state index >= 15 is 0 Å². The van der Waals surface area contributed by atoms with Crippen LogP contribution in [-0.2, 0) is 20.9 Å². The Morgan fingerprint density at radius 2 is 1.69 bits per heavy atom. The number of amides is 3. The van der Waals surface area contributed by atoms with Gasteiger partial charge in [-0.1, -0.05) is 47.5 Å². The molecule has 0 aliphatic carbocycles. The van der Waals surface area contributed by atoms with Crippen LogP contribution >= 0.6 is 72.8 Å². The Bertz CT molecular complexity index is 1840. The fraction of sp³-hybridized carbons (Fsp3) is 0.257. The number of anilines is 2. The summed E-state index contributed by atoms with van der Waals surface area (Å²) in [5.41, 5.74) is 4.85. The highest BCUT2D eigenvalue weighted by Crippen LogP contribution is 2.37. The number of fused-ring (bicyclic) bond motifs is 1. The Kier molecular flexibility index (Phi) is 18.9. The third-order valence-electron chi connectivity index (χ3n) is 7.77. The van der Waals surface area contributed by atoms with Gasteiger partial charge in [-0.2, -0.15) is 0 Å². The van der Waals surface area contributed by atoms with E-state index in [2.05, 4.69) is 21.6 Å². The minimum atomic E-state index is -0.450. The topological polar surface area (TPSA) is 113 Å². The van der Waals surface area contributed by atoms with Crippen LogP contribution in [0.25, 0.3) is 17.0 Å². The molecule has 0 bridgehead atoms. The highest BCUT2D eigenvalue weighted by molar-refractivity contribution is 6.38. The fourth-order valence-corrected chi connectivity index (χ4v) is 5.78. The van der Waals surface area contributed by atoms with Gasteiger partial charge in [0.25, 0.3) is 5.91 Å². The number of morpholine rings is 1. The van der Waals surface area contributed by atoms with Crippen molar-refractivity contribution in [1.82, 2.24) is 15.6 Å². The number of aromatic nitrogens is 1. The summed E-state index contributed by atoms with van der Waals surface area (Å²) in [5.74, 6) is -0.450. The summed E-state index contributed by atoms with van der Waals surface area (Å²) in [6, 6.07) is 18.0. The molecule has 1 aromatic heterocycles. The molecule has 0 unspecified atom stereocenters. The summed E-state index contributed by atoms with van der Waals surface area (Å²) in [5, 5.41) is 6.77. The first-order valence-corrected chi connectivity index (χ1v) is 15.8. The van der Waals surface area contributed by atoms with E-state index in [1.165, 1.54) is 11.0 Å². The number of halogens is 6. The SMILES string of the molecule is CNC(=O)c1ccc(/C=C/C(=O)NCC(=O)N(C)c2ccc(Cl)c(COc3cccc4c(N5CCOCC5)cc(C)nc34)c2Cl)cc1.Cl.Cl.Cl.Cl. The van der Waals surface area contributed by atoms with Gasteiger partial charge in [-0.05, 0) is 55.0 Å². The Hall–Kier alpha value is -3.48. The molecule has 10 nitrogen and oxygen atoms in total. The van der Waals surface area contributed by atoms with Crippen molar-refractivity contribution in [3.05, 3.63) is 99.2 Å². The average Bonchev–Trinajstić information content (AvgIpc) is 3.09. The molecule has 3 aromatic carbocycles. The minimum absolute atomic E-state index is 0. The van der Waals surface area contributed by atoms with E-state index in [1.54, 1.807) is 56.6 Å². The molecule has 4 aromatic rings. The van der Waals surface area contributed by atoms with E-state index in [0.29, 0.717) is 40.8 Å². The number of aryl methyl sites for hydroxylation is 1. The van der Waals surface area contributed by atoms with Gasteiger partial charge in [0, 0.05) is 66.2 Å². The third kappa shape index (κ3) is 11.3. The number of rotatable bonds is 10. The second kappa shape index (κ2) is 21.1. The molecule has 1 saturated heterocycles. The highest BCUT2D eigenvalue weighted by atomic mass is 35.5. The number of hydrogen-bond acceptors (Lipinski definition) is 7. The standard InChI is InChI=1S/C35H35Cl2N5O5.4ClH/c1-22-19-29(42-15-17-46-18-16-42)25-5-4-6-30(34(25)40-22)47-21-26-27(36)12-13-28(33(26)37)41(3)32(44)20-39-31(43)14-9-23-7-10-24(11-8-23)35(45)38-2;;;;/h4-14,19H,15-18,20-21H2,1-3H3,(H,38,45)(H,39,43);4*1H/b14-9+;;;;. The van der Waals surface area contributed by atoms with Crippen LogP contribution in [0.1, 0.15) is 27.2 Å². The first kappa shape index (κ1) is 45.5. The smallest absolute Gasteiger partial charge is 0.251 e. The number of likely N-dealkylation sites (N-methyl/N-ethyl adjacent to an activating group) is 1. The van der Waals surface area contributed by atoms with Crippen LogP contribution in [0.5, 0.6) is 5.75 Å². The number of nitrogens with zero attached hydrogens (tertiary/aromatic N) is 3. The van der Waals surface area contributed by atoms with Gasteiger partial charge in [-0.25, -0.2) is 4.98 Å². The normalized spacial score (nSPS) is 12.1. The highest BCUT2D eigenvalue weighted by Gasteiger charge is 2.21. The lowest BCUT2D eigenvalue weighted by molar-refractivity contribution is -0.122. The van der Waals surface area contributed by atoms with Crippen LogP contribution < -0.4 is 25.2 Å². The third-order valence-corrected chi connectivity index (χ3v) is 8.55. The van der Waals surface area contributed by atoms with Gasteiger partial charge in [0.05, 0.1) is 30.5 Å². The predicted octanol–water partition coefficient (Wildman–Crippen LogP) is 7.10. The molecule has 1 aliphatic rings. The molecular weight excluding hydrogens is 783 g/mol. The number of nitrogens with one attached hydrogen (secondary N) is 2. The first-order chi connectivity index (χ1) is 22.7. The van der Waals surface area contributed by atoms with E-state index in [4.69, 9.17) is 37.7 Å². The maximum atomic E-state index is 13.0. The van der Waals surface area contributed by atoms with E-state index in [0.717, 1.165) is 40.9 Å². The second-order valence-corrected chi connectivity index (χ2v) is 11.7. The van der Waals surface area contributed by atoms with E-state index in [-0.39, 0.29) is 79.6 Å². The summed E-state index contributed by atoms with van der Waals surface area (Å²) in [7, 11) is 3.13. The Balaban J connectivity index is 0.00000325. The van der Waals surface area contributed by atoms with E-state index in [1.807, 2.05) is 25.1 Å². The van der Waals surface area contributed by atoms with Gasteiger partial charge < -0.3 is 29.9 Å². The van der Waals surface area contributed by atoms with E-state index in [9.17, 15) is 14.4 Å². The molecular formula is C35H39Cl6N5O5. The Morgan fingerprint density at radius 1 is 1.00 bits per heavy atom. The maximum absolute atomic E-state index is 13.0. The lowest BCUT2D eigenvalue weighted by atomic mass is 10.1. The summed E-state index contributed by atoms with van der Waals surface area (Å²) < 4.78 is 11.8.